The molecule has 0 bridgehead atoms. The summed E-state index contributed by atoms with van der Waals surface area (Å²) in [5, 5.41) is 5.01. The number of piperidine rings is 1. The van der Waals surface area contributed by atoms with Gasteiger partial charge in [0.2, 0.25) is 0 Å². The monoisotopic (exact) mass is 448 g/mol. The third-order valence-corrected chi connectivity index (χ3v) is 7.08. The van der Waals surface area contributed by atoms with Crippen LogP contribution in [-0.2, 0) is 13.2 Å². The van der Waals surface area contributed by atoms with Gasteiger partial charge in [0, 0.05) is 17.8 Å². The van der Waals surface area contributed by atoms with E-state index in [-0.39, 0.29) is 5.91 Å². The largest absolute Gasteiger partial charge is 0.489 e. The number of carbonyl (C=O) groups excluding carboxylic acids is 1. The van der Waals surface area contributed by atoms with E-state index in [2.05, 4.69) is 55.3 Å². The number of rotatable bonds is 7. The minimum Gasteiger partial charge on any atom is -0.489 e. The van der Waals surface area contributed by atoms with E-state index in [4.69, 9.17) is 4.74 Å². The van der Waals surface area contributed by atoms with E-state index in [0.717, 1.165) is 29.1 Å². The van der Waals surface area contributed by atoms with Crippen molar-refractivity contribution in [2.45, 2.75) is 53.2 Å². The SMILES string of the molecule is Cc1cc(C)c(C)c(OCc2csc(C(=O)Nc3ccc(CN4CCCCC4)cc3)c2)c1. The van der Waals surface area contributed by atoms with E-state index < -0.39 is 0 Å². The second-order valence-electron chi connectivity index (χ2n) is 8.80. The van der Waals surface area contributed by atoms with E-state index >= 15 is 0 Å². The Labute approximate surface area is 195 Å². The van der Waals surface area contributed by atoms with Crippen molar-refractivity contribution in [1.82, 2.24) is 4.90 Å². The zero-order chi connectivity index (χ0) is 22.5. The molecular weight excluding hydrogens is 416 g/mol. The van der Waals surface area contributed by atoms with Gasteiger partial charge in [0.05, 0.1) is 4.88 Å². The number of ether oxygens (including phenoxy) is 1. The Morgan fingerprint density at radius 3 is 2.50 bits per heavy atom. The summed E-state index contributed by atoms with van der Waals surface area (Å²) in [6.45, 7) is 10.1. The number of likely N-dealkylation sites (tertiary alicyclic amines) is 1. The number of hydrogen-bond donors (Lipinski definition) is 1. The Bertz CT molecular complexity index is 1070. The number of nitrogens with zero attached hydrogens (tertiary/aromatic N) is 1. The van der Waals surface area contributed by atoms with Crippen molar-refractivity contribution < 1.29 is 9.53 Å². The van der Waals surface area contributed by atoms with E-state index in [1.165, 1.54) is 60.4 Å². The lowest BCUT2D eigenvalue weighted by molar-refractivity contribution is 0.103. The summed E-state index contributed by atoms with van der Waals surface area (Å²) in [7, 11) is 0. The quantitative estimate of drug-likeness (QED) is 0.449. The Balaban J connectivity index is 1.31. The summed E-state index contributed by atoms with van der Waals surface area (Å²) < 4.78 is 6.04. The molecule has 32 heavy (non-hydrogen) atoms. The molecule has 168 valence electrons. The van der Waals surface area contributed by atoms with Gasteiger partial charge in [-0.05, 0) is 98.6 Å². The summed E-state index contributed by atoms with van der Waals surface area (Å²) in [6, 6.07) is 14.4. The van der Waals surface area contributed by atoms with Crippen LogP contribution in [0.1, 0.15) is 56.8 Å². The number of carbonyl (C=O) groups is 1. The number of aryl methyl sites for hydroxylation is 2. The summed E-state index contributed by atoms with van der Waals surface area (Å²) in [4.78, 5) is 15.9. The number of nitrogens with one attached hydrogen (secondary N) is 1. The smallest absolute Gasteiger partial charge is 0.265 e. The standard InChI is InChI=1S/C27H32N2O2S/c1-19-13-20(2)21(3)25(14-19)31-17-23-15-26(32-18-23)27(30)28-24-9-7-22(8-10-24)16-29-11-5-4-6-12-29/h7-10,13-15,18H,4-6,11-12,16-17H2,1-3H3,(H,28,30). The molecule has 2 aromatic carbocycles. The first kappa shape index (κ1) is 22.6. The number of anilines is 1. The molecule has 1 aliphatic heterocycles. The van der Waals surface area contributed by atoms with Crippen LogP contribution in [0.15, 0.2) is 47.8 Å². The topological polar surface area (TPSA) is 41.6 Å². The van der Waals surface area contributed by atoms with Gasteiger partial charge >= 0.3 is 0 Å². The van der Waals surface area contributed by atoms with E-state index in [1.807, 2.05) is 23.6 Å². The van der Waals surface area contributed by atoms with Crippen molar-refractivity contribution in [3.05, 3.63) is 80.5 Å². The van der Waals surface area contributed by atoms with Crippen LogP contribution in [0, 0.1) is 20.8 Å². The molecule has 1 aromatic heterocycles. The summed E-state index contributed by atoms with van der Waals surface area (Å²) in [5.74, 6) is 0.831. The fourth-order valence-electron chi connectivity index (χ4n) is 4.14. The Kier molecular flexibility index (Phi) is 7.28. The molecule has 1 fully saturated rings. The molecule has 5 heteroatoms. The van der Waals surface area contributed by atoms with Crippen molar-refractivity contribution in [1.29, 1.82) is 0 Å². The lowest BCUT2D eigenvalue weighted by Gasteiger charge is -2.26. The Morgan fingerprint density at radius 2 is 1.75 bits per heavy atom. The zero-order valence-corrected chi connectivity index (χ0v) is 20.1. The van der Waals surface area contributed by atoms with Crippen LogP contribution in [0.4, 0.5) is 5.69 Å². The fraction of sp³-hybridized carbons (Fsp3) is 0.370. The van der Waals surface area contributed by atoms with Crippen molar-refractivity contribution >= 4 is 22.9 Å². The fourth-order valence-corrected chi connectivity index (χ4v) is 4.94. The lowest BCUT2D eigenvalue weighted by Crippen LogP contribution is -2.29. The van der Waals surface area contributed by atoms with Crippen molar-refractivity contribution in [2.75, 3.05) is 18.4 Å². The molecule has 0 aliphatic carbocycles. The molecule has 0 unspecified atom stereocenters. The number of amides is 1. The first-order valence-electron chi connectivity index (χ1n) is 11.4. The van der Waals surface area contributed by atoms with Gasteiger partial charge in [-0.1, -0.05) is 24.6 Å². The predicted octanol–water partition coefficient (Wildman–Crippen LogP) is 6.49. The van der Waals surface area contributed by atoms with Gasteiger partial charge in [0.15, 0.2) is 0 Å². The van der Waals surface area contributed by atoms with Crippen LogP contribution in [0.3, 0.4) is 0 Å². The van der Waals surface area contributed by atoms with E-state index in [1.54, 1.807) is 0 Å². The molecule has 0 spiro atoms. The maximum absolute atomic E-state index is 12.7. The van der Waals surface area contributed by atoms with Crippen molar-refractivity contribution in [2.24, 2.45) is 0 Å². The highest BCUT2D eigenvalue weighted by Gasteiger charge is 2.13. The van der Waals surface area contributed by atoms with Crippen LogP contribution >= 0.6 is 11.3 Å². The molecule has 4 rings (SSSR count). The summed E-state index contributed by atoms with van der Waals surface area (Å²) in [5.41, 5.74) is 6.71. The predicted molar refractivity (Wildman–Crippen MR) is 133 cm³/mol. The van der Waals surface area contributed by atoms with Crippen molar-refractivity contribution in [3.63, 3.8) is 0 Å². The number of benzene rings is 2. The highest BCUT2D eigenvalue weighted by molar-refractivity contribution is 7.12. The maximum atomic E-state index is 12.7. The zero-order valence-electron chi connectivity index (χ0n) is 19.2. The first-order chi connectivity index (χ1) is 15.5. The van der Waals surface area contributed by atoms with Gasteiger partial charge in [-0.25, -0.2) is 0 Å². The molecule has 3 aromatic rings. The average Bonchev–Trinajstić information content (AvgIpc) is 3.26. The number of thiophene rings is 1. The van der Waals surface area contributed by atoms with Crippen LogP contribution in [-0.4, -0.2) is 23.9 Å². The second kappa shape index (κ2) is 10.3. The minimum atomic E-state index is -0.0763. The maximum Gasteiger partial charge on any atom is 0.265 e. The van der Waals surface area contributed by atoms with Crippen LogP contribution < -0.4 is 10.1 Å². The lowest BCUT2D eigenvalue weighted by atomic mass is 10.1. The van der Waals surface area contributed by atoms with E-state index in [0.29, 0.717) is 11.5 Å². The summed E-state index contributed by atoms with van der Waals surface area (Å²) in [6.07, 6.45) is 3.95. The Morgan fingerprint density at radius 1 is 1.00 bits per heavy atom. The normalized spacial score (nSPS) is 14.3. The van der Waals surface area contributed by atoms with Gasteiger partial charge in [-0.3, -0.25) is 9.69 Å². The van der Waals surface area contributed by atoms with Gasteiger partial charge < -0.3 is 10.1 Å². The molecule has 0 saturated carbocycles. The molecule has 0 atom stereocenters. The molecular formula is C27H32N2O2S. The van der Waals surface area contributed by atoms with Crippen LogP contribution in [0.5, 0.6) is 5.75 Å². The minimum absolute atomic E-state index is 0.0763. The molecule has 2 heterocycles. The van der Waals surface area contributed by atoms with E-state index in [9.17, 15) is 4.79 Å². The van der Waals surface area contributed by atoms with Crippen molar-refractivity contribution in [3.8, 4) is 5.75 Å². The third-order valence-electron chi connectivity index (χ3n) is 6.10. The number of hydrogen-bond acceptors (Lipinski definition) is 4. The molecule has 4 nitrogen and oxygen atoms in total. The molecule has 1 aliphatic rings. The second-order valence-corrected chi connectivity index (χ2v) is 9.71. The Hall–Kier alpha value is -2.63. The van der Waals surface area contributed by atoms with Gasteiger partial charge in [0.1, 0.15) is 12.4 Å². The first-order valence-corrected chi connectivity index (χ1v) is 12.3. The van der Waals surface area contributed by atoms with Gasteiger partial charge in [-0.2, -0.15) is 0 Å². The molecule has 0 radical (unpaired) electrons. The highest BCUT2D eigenvalue weighted by atomic mass is 32.1. The third kappa shape index (κ3) is 5.78. The highest BCUT2D eigenvalue weighted by Crippen LogP contribution is 2.25. The van der Waals surface area contributed by atoms with Crippen LogP contribution in [0.25, 0.3) is 0 Å². The van der Waals surface area contributed by atoms with Gasteiger partial charge in [0.25, 0.3) is 5.91 Å². The van der Waals surface area contributed by atoms with Gasteiger partial charge in [-0.15, -0.1) is 11.3 Å². The van der Waals surface area contributed by atoms with Crippen LogP contribution in [0.2, 0.25) is 0 Å². The molecule has 1 N–H and O–H groups in total. The molecule has 1 amide bonds. The average molecular weight is 449 g/mol. The summed E-state index contributed by atoms with van der Waals surface area (Å²) >= 11 is 1.45. The molecule has 1 saturated heterocycles.